The molecule has 4 heterocycles. The standard InChI is InChI=1S/C30H45NO4/c1-18(2)19-8-13-27(4)20-9-15-29-12-6-7-21(29)30(27,24(19)31(33)25(20)29)16-10-22(32)26(3)17-34-28(5)14-11-23(26)35-28/h18-21,23,25H,6-17H2,1-5H3/t19-,20-,21-,23+,25-,26+,27+,28-,29-,30-/m1/s1. The van der Waals surface area contributed by atoms with Crippen molar-refractivity contribution < 1.29 is 19.0 Å². The summed E-state index contributed by atoms with van der Waals surface area (Å²) in [5, 5.41) is 14.4. The predicted molar refractivity (Wildman–Crippen MR) is 134 cm³/mol. The molecule has 6 fully saturated rings. The minimum atomic E-state index is -0.569. The molecule has 2 saturated heterocycles. The molecule has 8 aliphatic rings. The Morgan fingerprint density at radius 1 is 1.09 bits per heavy atom. The zero-order valence-corrected chi connectivity index (χ0v) is 22.5. The lowest BCUT2D eigenvalue weighted by molar-refractivity contribution is -0.572. The second-order valence-electron chi connectivity index (χ2n) is 14.7. The summed E-state index contributed by atoms with van der Waals surface area (Å²) in [5.74, 6) is 1.71. The van der Waals surface area contributed by atoms with E-state index in [2.05, 4.69) is 27.7 Å². The third-order valence-electron chi connectivity index (χ3n) is 13.3. The molecule has 10 atom stereocenters. The van der Waals surface area contributed by atoms with Crippen LogP contribution in [0, 0.1) is 50.5 Å². The molecule has 0 unspecified atom stereocenters. The molecule has 8 bridgehead atoms. The van der Waals surface area contributed by atoms with E-state index in [1.54, 1.807) is 4.74 Å². The molecule has 0 amide bonds. The molecule has 0 N–H and O–H groups in total. The highest BCUT2D eigenvalue weighted by Crippen LogP contribution is 2.80. The van der Waals surface area contributed by atoms with Crippen LogP contribution in [0.1, 0.15) is 105 Å². The monoisotopic (exact) mass is 483 g/mol. The van der Waals surface area contributed by atoms with Gasteiger partial charge in [0.2, 0.25) is 0 Å². The van der Waals surface area contributed by atoms with E-state index in [1.807, 2.05) is 6.92 Å². The van der Waals surface area contributed by atoms with Crippen LogP contribution in [0.15, 0.2) is 0 Å². The van der Waals surface area contributed by atoms with E-state index in [0.717, 1.165) is 25.7 Å². The Morgan fingerprint density at radius 2 is 1.89 bits per heavy atom. The molecule has 8 rings (SSSR count). The van der Waals surface area contributed by atoms with Gasteiger partial charge >= 0.3 is 0 Å². The maximum Gasteiger partial charge on any atom is 0.174 e. The zero-order valence-electron chi connectivity index (χ0n) is 22.5. The number of hydrogen-bond acceptors (Lipinski definition) is 4. The first kappa shape index (κ1) is 23.2. The third-order valence-corrected chi connectivity index (χ3v) is 13.3. The molecule has 0 aromatic rings. The Balaban J connectivity index is 1.30. The quantitative estimate of drug-likeness (QED) is 0.362. The van der Waals surface area contributed by atoms with Gasteiger partial charge in [0.25, 0.3) is 0 Å². The third kappa shape index (κ3) is 2.50. The molecule has 4 aliphatic carbocycles. The molecule has 5 heteroatoms. The first-order valence-corrected chi connectivity index (χ1v) is 14.7. The number of Topliss-reactive ketones (excluding diaryl/α,β-unsaturated/α-hetero) is 1. The Hall–Kier alpha value is -0.940. The van der Waals surface area contributed by atoms with Crippen LogP contribution in [0.3, 0.4) is 0 Å². The van der Waals surface area contributed by atoms with Gasteiger partial charge in [0.05, 0.1) is 23.5 Å². The van der Waals surface area contributed by atoms with Gasteiger partial charge in [-0.25, -0.2) is 4.74 Å². The predicted octanol–water partition coefficient (Wildman–Crippen LogP) is 5.87. The molecule has 194 valence electrons. The maximum atomic E-state index is 14.4. The fourth-order valence-electron chi connectivity index (χ4n) is 11.6. The highest BCUT2D eigenvalue weighted by atomic mass is 16.7. The van der Waals surface area contributed by atoms with Gasteiger partial charge in [0, 0.05) is 30.1 Å². The van der Waals surface area contributed by atoms with Crippen LogP contribution in [0.2, 0.25) is 0 Å². The number of rotatable bonds is 5. The van der Waals surface area contributed by atoms with E-state index in [0.29, 0.717) is 42.5 Å². The van der Waals surface area contributed by atoms with E-state index < -0.39 is 11.2 Å². The highest BCUT2D eigenvalue weighted by Gasteiger charge is 2.83. The summed E-state index contributed by atoms with van der Waals surface area (Å²) in [7, 11) is 0. The van der Waals surface area contributed by atoms with Crippen LogP contribution in [0.5, 0.6) is 0 Å². The summed E-state index contributed by atoms with van der Waals surface area (Å²) in [6.45, 7) is 11.7. The first-order chi connectivity index (χ1) is 16.5. The number of ketones is 1. The molecular formula is C30H45NO4. The first-order valence-electron chi connectivity index (χ1n) is 14.7. The smallest absolute Gasteiger partial charge is 0.174 e. The maximum absolute atomic E-state index is 14.4. The van der Waals surface area contributed by atoms with Gasteiger partial charge in [-0.1, -0.05) is 27.2 Å². The lowest BCUT2D eigenvalue weighted by Gasteiger charge is -2.69. The van der Waals surface area contributed by atoms with Gasteiger partial charge in [-0.15, -0.1) is 0 Å². The van der Waals surface area contributed by atoms with Gasteiger partial charge in [0.15, 0.2) is 17.5 Å². The minimum absolute atomic E-state index is 0.0375. The van der Waals surface area contributed by atoms with Gasteiger partial charge in [-0.3, -0.25) is 4.79 Å². The van der Waals surface area contributed by atoms with Crippen molar-refractivity contribution in [2.75, 3.05) is 6.61 Å². The minimum Gasteiger partial charge on any atom is -0.624 e. The fourth-order valence-corrected chi connectivity index (χ4v) is 11.6. The molecule has 0 radical (unpaired) electrons. The van der Waals surface area contributed by atoms with E-state index in [4.69, 9.17) is 9.47 Å². The van der Waals surface area contributed by atoms with Gasteiger partial charge < -0.3 is 14.7 Å². The summed E-state index contributed by atoms with van der Waals surface area (Å²) in [4.78, 5) is 14.1. The number of carbonyl (C=O) groups is 1. The van der Waals surface area contributed by atoms with Gasteiger partial charge in [-0.2, -0.15) is 0 Å². The van der Waals surface area contributed by atoms with Crippen LogP contribution in [0.4, 0.5) is 0 Å². The number of hydrogen-bond donors (Lipinski definition) is 0. The summed E-state index contributed by atoms with van der Waals surface area (Å²) >= 11 is 0. The molecule has 35 heavy (non-hydrogen) atoms. The van der Waals surface area contributed by atoms with Crippen LogP contribution in [-0.4, -0.2) is 40.8 Å². The van der Waals surface area contributed by atoms with Gasteiger partial charge in [-0.05, 0) is 82.5 Å². The van der Waals surface area contributed by atoms with Crippen LogP contribution in [0.25, 0.3) is 0 Å². The summed E-state index contributed by atoms with van der Waals surface area (Å²) < 4.78 is 14.0. The number of hydroxylamine groups is 1. The molecule has 0 aromatic heterocycles. The number of carbonyl (C=O) groups excluding carboxylic acids is 1. The van der Waals surface area contributed by atoms with E-state index >= 15 is 0 Å². The lowest BCUT2D eigenvalue weighted by Crippen LogP contribution is -2.75. The van der Waals surface area contributed by atoms with E-state index in [9.17, 15) is 10.0 Å². The molecule has 4 aliphatic heterocycles. The number of fused-ring (bicyclic) bond motifs is 2. The molecular weight excluding hydrogens is 438 g/mol. The van der Waals surface area contributed by atoms with Crippen LogP contribution >= 0.6 is 0 Å². The van der Waals surface area contributed by atoms with Crippen LogP contribution in [-0.2, 0) is 14.3 Å². The molecule has 0 aromatic carbocycles. The summed E-state index contributed by atoms with van der Waals surface area (Å²) in [6.07, 6.45) is 11.7. The Labute approximate surface area is 211 Å². The summed E-state index contributed by atoms with van der Waals surface area (Å²) in [5.41, 5.74) is 0.905. The molecule has 5 nitrogen and oxygen atoms in total. The Bertz CT molecular complexity index is 1010. The fraction of sp³-hybridized carbons (Fsp3) is 0.933. The normalized spacial score (nSPS) is 55.7. The Kier molecular flexibility index (Phi) is 4.59. The van der Waals surface area contributed by atoms with E-state index in [-0.39, 0.29) is 28.4 Å². The zero-order chi connectivity index (χ0) is 24.6. The number of ether oxygens (including phenoxy) is 2. The largest absolute Gasteiger partial charge is 0.624 e. The van der Waals surface area contributed by atoms with Crippen molar-refractivity contribution in [2.24, 2.45) is 45.3 Å². The molecule has 4 saturated carbocycles. The lowest BCUT2D eigenvalue weighted by atomic mass is 9.35. The van der Waals surface area contributed by atoms with Crippen LogP contribution < -0.4 is 0 Å². The van der Waals surface area contributed by atoms with Crippen molar-refractivity contribution >= 4 is 11.5 Å². The number of nitrogens with zero attached hydrogens (tertiary/aromatic N) is 1. The second-order valence-corrected chi connectivity index (χ2v) is 14.7. The average Bonchev–Trinajstić information content (AvgIpc) is 3.51. The highest BCUT2D eigenvalue weighted by molar-refractivity contribution is 5.93. The van der Waals surface area contributed by atoms with E-state index in [1.165, 1.54) is 44.2 Å². The topological polar surface area (TPSA) is 61.6 Å². The van der Waals surface area contributed by atoms with Crippen molar-refractivity contribution in [3.8, 4) is 0 Å². The van der Waals surface area contributed by atoms with Crippen molar-refractivity contribution in [3.63, 3.8) is 0 Å². The molecule has 1 spiro atoms. The average molecular weight is 484 g/mol. The van der Waals surface area contributed by atoms with Crippen molar-refractivity contribution in [2.45, 2.75) is 123 Å². The van der Waals surface area contributed by atoms with Crippen molar-refractivity contribution in [3.05, 3.63) is 5.21 Å². The Morgan fingerprint density at radius 3 is 2.66 bits per heavy atom. The van der Waals surface area contributed by atoms with Crippen molar-refractivity contribution in [1.82, 2.24) is 0 Å². The SMILES string of the molecule is CC(C)[C@H]1CC[C@@]2(C)[C@@H]3CC[C@]45CCC[C@H]4[C@]2(CCC(=O)[C@]2(C)CO[C@@]4(C)CC[C@@H]2O4)C1=[N+]([O-])[C@H]35. The second kappa shape index (κ2) is 6.92. The van der Waals surface area contributed by atoms with Crippen molar-refractivity contribution in [1.29, 1.82) is 0 Å². The summed E-state index contributed by atoms with van der Waals surface area (Å²) in [6, 6.07) is 0.197. The van der Waals surface area contributed by atoms with Gasteiger partial charge in [0.1, 0.15) is 5.78 Å².